The number of amides is 1. The molecule has 0 saturated heterocycles. The first-order chi connectivity index (χ1) is 11.3. The summed E-state index contributed by atoms with van der Waals surface area (Å²) < 4.78 is 7.30. The van der Waals surface area contributed by atoms with Crippen molar-refractivity contribution in [3.8, 4) is 5.69 Å². The number of anilines is 2. The van der Waals surface area contributed by atoms with Gasteiger partial charge in [0.2, 0.25) is 0 Å². The number of nitrogen functional groups attached to an aromatic ring is 1. The van der Waals surface area contributed by atoms with Crippen molar-refractivity contribution in [2.24, 2.45) is 0 Å². The SMILES string of the molecule is CC(C)(C)OC(=O)Nc1nccc2c1ccn2-c1ccc(N)cc1. The van der Waals surface area contributed by atoms with E-state index in [1.54, 1.807) is 6.20 Å². The Kier molecular flexibility index (Phi) is 3.89. The van der Waals surface area contributed by atoms with E-state index in [2.05, 4.69) is 10.3 Å². The van der Waals surface area contributed by atoms with Gasteiger partial charge in [0.1, 0.15) is 11.4 Å². The monoisotopic (exact) mass is 324 g/mol. The second kappa shape index (κ2) is 5.88. The van der Waals surface area contributed by atoms with Crippen LogP contribution in [0.25, 0.3) is 16.6 Å². The smallest absolute Gasteiger partial charge is 0.413 e. The summed E-state index contributed by atoms with van der Waals surface area (Å²) in [5, 5.41) is 3.54. The highest BCUT2D eigenvalue weighted by molar-refractivity contribution is 5.97. The molecule has 1 amide bonds. The van der Waals surface area contributed by atoms with Crippen LogP contribution in [0, 0.1) is 0 Å². The number of carbonyl (C=O) groups is 1. The lowest BCUT2D eigenvalue weighted by atomic mass is 10.2. The van der Waals surface area contributed by atoms with Gasteiger partial charge in [0.05, 0.1) is 5.52 Å². The number of rotatable bonds is 2. The van der Waals surface area contributed by atoms with Gasteiger partial charge < -0.3 is 15.0 Å². The number of pyridine rings is 1. The molecule has 3 rings (SSSR count). The Morgan fingerprint density at radius 2 is 1.88 bits per heavy atom. The van der Waals surface area contributed by atoms with Crippen LogP contribution in [-0.2, 0) is 4.74 Å². The summed E-state index contributed by atoms with van der Waals surface area (Å²) >= 11 is 0. The molecule has 0 radical (unpaired) electrons. The van der Waals surface area contributed by atoms with Crippen LogP contribution in [0.2, 0.25) is 0 Å². The molecular weight excluding hydrogens is 304 g/mol. The maximum Gasteiger partial charge on any atom is 0.413 e. The van der Waals surface area contributed by atoms with Crippen LogP contribution >= 0.6 is 0 Å². The van der Waals surface area contributed by atoms with Gasteiger partial charge in [-0.3, -0.25) is 5.32 Å². The minimum absolute atomic E-state index is 0.468. The van der Waals surface area contributed by atoms with Crippen LogP contribution in [-0.4, -0.2) is 21.2 Å². The molecule has 1 aromatic carbocycles. The molecule has 3 aromatic rings. The minimum Gasteiger partial charge on any atom is -0.444 e. The summed E-state index contributed by atoms with van der Waals surface area (Å²) in [7, 11) is 0. The molecule has 0 aliphatic rings. The predicted molar refractivity (Wildman–Crippen MR) is 95.3 cm³/mol. The number of fused-ring (bicyclic) bond motifs is 1. The van der Waals surface area contributed by atoms with E-state index in [0.717, 1.165) is 16.6 Å². The highest BCUT2D eigenvalue weighted by Crippen LogP contribution is 2.26. The van der Waals surface area contributed by atoms with Gasteiger partial charge in [-0.1, -0.05) is 0 Å². The van der Waals surface area contributed by atoms with Crippen molar-refractivity contribution in [1.29, 1.82) is 0 Å². The van der Waals surface area contributed by atoms with Gasteiger partial charge >= 0.3 is 6.09 Å². The number of hydrogen-bond donors (Lipinski definition) is 2. The van der Waals surface area contributed by atoms with E-state index in [4.69, 9.17) is 10.5 Å². The molecule has 0 saturated carbocycles. The lowest BCUT2D eigenvalue weighted by Crippen LogP contribution is -2.27. The van der Waals surface area contributed by atoms with Crippen LogP contribution in [0.5, 0.6) is 0 Å². The number of benzene rings is 1. The van der Waals surface area contributed by atoms with Crippen molar-refractivity contribution in [1.82, 2.24) is 9.55 Å². The van der Waals surface area contributed by atoms with Crippen LogP contribution in [0.1, 0.15) is 20.8 Å². The fraction of sp³-hybridized carbons (Fsp3) is 0.222. The van der Waals surface area contributed by atoms with E-state index < -0.39 is 11.7 Å². The molecule has 3 N–H and O–H groups in total. The molecule has 0 aliphatic carbocycles. The third kappa shape index (κ3) is 3.32. The maximum absolute atomic E-state index is 12.0. The normalized spacial score (nSPS) is 11.5. The summed E-state index contributed by atoms with van der Waals surface area (Å²) in [4.78, 5) is 16.2. The van der Waals surface area contributed by atoms with Crippen LogP contribution in [0.4, 0.5) is 16.3 Å². The number of aromatic nitrogens is 2. The number of nitrogens with one attached hydrogen (secondary N) is 1. The van der Waals surface area contributed by atoms with Gasteiger partial charge in [-0.25, -0.2) is 9.78 Å². The molecule has 124 valence electrons. The van der Waals surface area contributed by atoms with Crippen molar-refractivity contribution in [2.75, 3.05) is 11.1 Å². The van der Waals surface area contributed by atoms with E-state index in [-0.39, 0.29) is 0 Å². The number of carbonyl (C=O) groups excluding carboxylic acids is 1. The molecule has 2 aromatic heterocycles. The third-order valence-corrected chi connectivity index (χ3v) is 3.41. The third-order valence-electron chi connectivity index (χ3n) is 3.41. The van der Waals surface area contributed by atoms with Gasteiger partial charge in [-0.15, -0.1) is 0 Å². The molecule has 6 heteroatoms. The van der Waals surface area contributed by atoms with Crippen molar-refractivity contribution in [3.63, 3.8) is 0 Å². The molecule has 0 fully saturated rings. The van der Waals surface area contributed by atoms with E-state index in [1.807, 2.05) is 67.9 Å². The Hall–Kier alpha value is -3.02. The zero-order valence-corrected chi connectivity index (χ0v) is 13.9. The topological polar surface area (TPSA) is 82.2 Å². The summed E-state index contributed by atoms with van der Waals surface area (Å²) in [6, 6.07) is 11.4. The van der Waals surface area contributed by atoms with Crippen molar-refractivity contribution < 1.29 is 9.53 Å². The number of hydrogen-bond acceptors (Lipinski definition) is 4. The predicted octanol–water partition coefficient (Wildman–Crippen LogP) is 3.95. The van der Waals surface area contributed by atoms with Gasteiger partial charge in [0.15, 0.2) is 0 Å². The van der Waals surface area contributed by atoms with Gasteiger partial charge in [0.25, 0.3) is 0 Å². The molecule has 0 bridgehead atoms. The minimum atomic E-state index is -0.562. The summed E-state index contributed by atoms with van der Waals surface area (Å²) in [5.41, 5.74) is 7.80. The number of nitrogens with two attached hydrogens (primary N) is 1. The first-order valence-electron chi connectivity index (χ1n) is 7.65. The Morgan fingerprint density at radius 1 is 1.17 bits per heavy atom. The fourth-order valence-electron chi connectivity index (χ4n) is 2.43. The first kappa shape index (κ1) is 15.9. The fourth-order valence-corrected chi connectivity index (χ4v) is 2.43. The summed E-state index contributed by atoms with van der Waals surface area (Å²) in [6.45, 7) is 5.45. The van der Waals surface area contributed by atoms with E-state index in [0.29, 0.717) is 11.5 Å². The van der Waals surface area contributed by atoms with Crippen LogP contribution in [0.15, 0.2) is 48.8 Å². The average Bonchev–Trinajstić information content (AvgIpc) is 2.91. The van der Waals surface area contributed by atoms with E-state index in [9.17, 15) is 4.79 Å². The molecule has 0 unspecified atom stereocenters. The zero-order chi connectivity index (χ0) is 17.3. The van der Waals surface area contributed by atoms with Crippen molar-refractivity contribution in [3.05, 3.63) is 48.8 Å². The Bertz CT molecular complexity index is 876. The Balaban J connectivity index is 1.95. The van der Waals surface area contributed by atoms with Gasteiger partial charge in [0, 0.05) is 29.2 Å². The molecular formula is C18H20N4O2. The first-order valence-corrected chi connectivity index (χ1v) is 7.65. The molecule has 0 spiro atoms. The Labute approximate surface area is 140 Å². The second-order valence-electron chi connectivity index (χ2n) is 6.50. The average molecular weight is 324 g/mol. The van der Waals surface area contributed by atoms with Crippen LogP contribution < -0.4 is 11.1 Å². The number of nitrogens with zero attached hydrogens (tertiary/aromatic N) is 2. The lowest BCUT2D eigenvalue weighted by molar-refractivity contribution is 0.0635. The molecule has 6 nitrogen and oxygen atoms in total. The highest BCUT2D eigenvalue weighted by Gasteiger charge is 2.18. The zero-order valence-electron chi connectivity index (χ0n) is 13.9. The molecule has 2 heterocycles. The second-order valence-corrected chi connectivity index (χ2v) is 6.50. The maximum atomic E-state index is 12.0. The molecule has 0 aliphatic heterocycles. The summed E-state index contributed by atoms with van der Waals surface area (Å²) in [5.74, 6) is 0.468. The molecule has 24 heavy (non-hydrogen) atoms. The largest absolute Gasteiger partial charge is 0.444 e. The van der Waals surface area contributed by atoms with Gasteiger partial charge in [-0.05, 0) is 57.2 Å². The van der Waals surface area contributed by atoms with Crippen molar-refractivity contribution in [2.45, 2.75) is 26.4 Å². The quantitative estimate of drug-likeness (QED) is 0.699. The van der Waals surface area contributed by atoms with E-state index >= 15 is 0 Å². The van der Waals surface area contributed by atoms with E-state index in [1.165, 1.54) is 0 Å². The lowest BCUT2D eigenvalue weighted by Gasteiger charge is -2.19. The highest BCUT2D eigenvalue weighted by atomic mass is 16.6. The molecule has 0 atom stereocenters. The van der Waals surface area contributed by atoms with Gasteiger partial charge in [-0.2, -0.15) is 0 Å². The van der Waals surface area contributed by atoms with Crippen LogP contribution in [0.3, 0.4) is 0 Å². The summed E-state index contributed by atoms with van der Waals surface area (Å²) in [6.07, 6.45) is 3.06. The Morgan fingerprint density at radius 3 is 2.54 bits per heavy atom. The van der Waals surface area contributed by atoms with Crippen molar-refractivity contribution >= 4 is 28.5 Å². The standard InChI is InChI=1S/C18H20N4O2/c1-18(2,3)24-17(23)21-16-14-9-11-22(15(14)8-10-20-16)13-6-4-12(19)5-7-13/h4-11H,19H2,1-3H3,(H,20,21,23). The number of ether oxygens (including phenoxy) is 1.